The van der Waals surface area contributed by atoms with Crippen LogP contribution in [0.4, 0.5) is 11.5 Å². The van der Waals surface area contributed by atoms with Crippen molar-refractivity contribution in [3.8, 4) is 11.5 Å². The number of rotatable bonds is 5. The molecule has 0 saturated heterocycles. The van der Waals surface area contributed by atoms with E-state index in [1.165, 1.54) is 16.4 Å². The van der Waals surface area contributed by atoms with E-state index in [1.807, 2.05) is 0 Å². The molecule has 0 aliphatic heterocycles. The Labute approximate surface area is 178 Å². The summed E-state index contributed by atoms with van der Waals surface area (Å²) in [6.07, 6.45) is 2.85. The number of anilines is 2. The highest BCUT2D eigenvalue weighted by molar-refractivity contribution is 7.90. The Bertz CT molecular complexity index is 1350. The van der Waals surface area contributed by atoms with E-state index >= 15 is 0 Å². The van der Waals surface area contributed by atoms with Gasteiger partial charge in [0.2, 0.25) is 0 Å². The summed E-state index contributed by atoms with van der Waals surface area (Å²) in [5.74, 6) is 0.930. The smallest absolute Gasteiger partial charge is 0.269 e. The van der Waals surface area contributed by atoms with Gasteiger partial charge < -0.3 is 15.8 Å². The van der Waals surface area contributed by atoms with Gasteiger partial charge in [-0.2, -0.15) is 0 Å². The summed E-state index contributed by atoms with van der Waals surface area (Å²) in [5.41, 5.74) is 7.09. The molecule has 1 aromatic carbocycles. The van der Waals surface area contributed by atoms with Crippen molar-refractivity contribution in [2.75, 3.05) is 18.1 Å². The standard InChI is InChI=1S/C20H18ClN5O3S/c1-12-8-13-9-14(29-16-11-24-19(22)18(23-2)17(16)21)10-25-20(13)26(12)30(27,28)15-6-4-3-5-7-15/h3-11,23H,1-2H3,(H2,22,24). The molecular weight excluding hydrogens is 426 g/mol. The maximum absolute atomic E-state index is 13.1. The first-order valence-corrected chi connectivity index (χ1v) is 10.7. The molecule has 0 bridgehead atoms. The molecule has 3 N–H and O–H groups in total. The number of aromatic nitrogens is 3. The van der Waals surface area contributed by atoms with E-state index in [4.69, 9.17) is 22.1 Å². The summed E-state index contributed by atoms with van der Waals surface area (Å²) in [4.78, 5) is 8.58. The summed E-state index contributed by atoms with van der Waals surface area (Å²) in [7, 11) is -2.11. The normalized spacial score (nSPS) is 11.6. The van der Waals surface area contributed by atoms with Gasteiger partial charge in [0.15, 0.2) is 11.4 Å². The van der Waals surface area contributed by atoms with Gasteiger partial charge in [-0.3, -0.25) is 0 Å². The Balaban J connectivity index is 1.76. The number of ether oxygens (including phenoxy) is 1. The maximum atomic E-state index is 13.1. The first-order chi connectivity index (χ1) is 14.3. The SMILES string of the molecule is CNc1c(N)ncc(Oc2cnc3c(c2)cc(C)n3S(=O)(=O)c2ccccc2)c1Cl. The summed E-state index contributed by atoms with van der Waals surface area (Å²) < 4.78 is 33.2. The molecule has 0 fully saturated rings. The third-order valence-electron chi connectivity index (χ3n) is 4.52. The minimum Gasteiger partial charge on any atom is -0.452 e. The lowest BCUT2D eigenvalue weighted by Gasteiger charge is -2.12. The van der Waals surface area contributed by atoms with E-state index in [2.05, 4.69) is 15.3 Å². The van der Waals surface area contributed by atoms with Crippen LogP contribution in [-0.4, -0.2) is 29.4 Å². The highest BCUT2D eigenvalue weighted by atomic mass is 35.5. The number of nitrogen functional groups attached to an aromatic ring is 1. The van der Waals surface area contributed by atoms with Crippen molar-refractivity contribution in [2.45, 2.75) is 11.8 Å². The second kappa shape index (κ2) is 7.51. The van der Waals surface area contributed by atoms with E-state index < -0.39 is 10.0 Å². The van der Waals surface area contributed by atoms with Gasteiger partial charge in [0, 0.05) is 18.1 Å². The number of aryl methyl sites for hydroxylation is 1. The fourth-order valence-electron chi connectivity index (χ4n) is 3.16. The highest BCUT2D eigenvalue weighted by Crippen LogP contribution is 2.37. The number of benzene rings is 1. The number of halogens is 1. The van der Waals surface area contributed by atoms with Crippen molar-refractivity contribution in [3.63, 3.8) is 0 Å². The largest absolute Gasteiger partial charge is 0.452 e. The van der Waals surface area contributed by atoms with Crippen LogP contribution < -0.4 is 15.8 Å². The number of pyridine rings is 2. The Morgan fingerprint density at radius 1 is 1.13 bits per heavy atom. The average Bonchev–Trinajstić information content (AvgIpc) is 3.07. The summed E-state index contributed by atoms with van der Waals surface area (Å²) in [6.45, 7) is 1.71. The van der Waals surface area contributed by atoms with Gasteiger partial charge in [-0.15, -0.1) is 0 Å². The molecule has 30 heavy (non-hydrogen) atoms. The molecular formula is C20H18ClN5O3S. The number of nitrogens with zero attached hydrogens (tertiary/aromatic N) is 3. The van der Waals surface area contributed by atoms with Crippen LogP contribution >= 0.6 is 11.6 Å². The van der Waals surface area contributed by atoms with Crippen molar-refractivity contribution in [1.29, 1.82) is 0 Å². The first kappa shape index (κ1) is 20.0. The predicted octanol–water partition coefficient (Wildman–Crippen LogP) is 4.05. The van der Waals surface area contributed by atoms with Gasteiger partial charge in [-0.25, -0.2) is 22.4 Å². The molecule has 0 saturated carbocycles. The van der Waals surface area contributed by atoms with Crippen molar-refractivity contribution in [2.24, 2.45) is 0 Å². The lowest BCUT2D eigenvalue weighted by Crippen LogP contribution is -2.14. The molecule has 4 aromatic rings. The van der Waals surface area contributed by atoms with Gasteiger partial charge in [0.1, 0.15) is 16.6 Å². The van der Waals surface area contributed by atoms with Crippen molar-refractivity contribution in [3.05, 3.63) is 65.6 Å². The van der Waals surface area contributed by atoms with Crippen LogP contribution in [0.3, 0.4) is 0 Å². The van der Waals surface area contributed by atoms with E-state index in [0.717, 1.165) is 0 Å². The second-order valence-corrected chi connectivity index (χ2v) is 8.67. The topological polar surface area (TPSA) is 112 Å². The van der Waals surface area contributed by atoms with E-state index in [1.54, 1.807) is 56.4 Å². The molecule has 3 aromatic heterocycles. The van der Waals surface area contributed by atoms with Crippen LogP contribution in [0.15, 0.2) is 59.8 Å². The summed E-state index contributed by atoms with van der Waals surface area (Å²) >= 11 is 6.33. The fraction of sp³-hybridized carbons (Fsp3) is 0.100. The van der Waals surface area contributed by atoms with Crippen molar-refractivity contribution in [1.82, 2.24) is 13.9 Å². The number of hydrogen-bond acceptors (Lipinski definition) is 7. The zero-order valence-corrected chi connectivity index (χ0v) is 17.7. The first-order valence-electron chi connectivity index (χ1n) is 8.91. The Morgan fingerprint density at radius 2 is 1.87 bits per heavy atom. The van der Waals surface area contributed by atoms with Crippen LogP contribution in [-0.2, 0) is 10.0 Å². The zero-order valence-electron chi connectivity index (χ0n) is 16.1. The molecule has 4 rings (SSSR count). The monoisotopic (exact) mass is 443 g/mol. The summed E-state index contributed by atoms with van der Waals surface area (Å²) in [6, 6.07) is 11.6. The van der Waals surface area contributed by atoms with E-state index in [-0.39, 0.29) is 15.7 Å². The zero-order chi connectivity index (χ0) is 21.5. The Hall–Kier alpha value is -3.30. The van der Waals surface area contributed by atoms with Gasteiger partial charge >= 0.3 is 0 Å². The predicted molar refractivity (Wildman–Crippen MR) is 117 cm³/mol. The molecule has 0 aliphatic carbocycles. The number of hydrogen-bond donors (Lipinski definition) is 2. The van der Waals surface area contributed by atoms with Crippen LogP contribution in [0, 0.1) is 6.92 Å². The molecule has 8 nitrogen and oxygen atoms in total. The van der Waals surface area contributed by atoms with E-state index in [9.17, 15) is 8.42 Å². The third kappa shape index (κ3) is 3.31. The lowest BCUT2D eigenvalue weighted by molar-refractivity contribution is 0.479. The Morgan fingerprint density at radius 3 is 2.57 bits per heavy atom. The van der Waals surface area contributed by atoms with Crippen molar-refractivity contribution >= 4 is 44.2 Å². The minimum atomic E-state index is -3.79. The van der Waals surface area contributed by atoms with Crippen molar-refractivity contribution < 1.29 is 13.2 Å². The average molecular weight is 444 g/mol. The van der Waals surface area contributed by atoms with Gasteiger partial charge in [-0.1, -0.05) is 29.8 Å². The fourth-order valence-corrected chi connectivity index (χ4v) is 4.96. The van der Waals surface area contributed by atoms with Crippen LogP contribution in [0.2, 0.25) is 5.02 Å². The third-order valence-corrected chi connectivity index (χ3v) is 6.70. The van der Waals surface area contributed by atoms with Crippen LogP contribution in [0.25, 0.3) is 11.0 Å². The quantitative estimate of drug-likeness (QED) is 0.478. The maximum Gasteiger partial charge on any atom is 0.269 e. The van der Waals surface area contributed by atoms with Crippen LogP contribution in [0.1, 0.15) is 5.69 Å². The molecule has 0 aliphatic rings. The van der Waals surface area contributed by atoms with E-state index in [0.29, 0.717) is 33.9 Å². The lowest BCUT2D eigenvalue weighted by atomic mass is 10.3. The molecule has 0 spiro atoms. The number of fused-ring (bicyclic) bond motifs is 1. The molecule has 0 amide bonds. The molecule has 0 atom stereocenters. The highest BCUT2D eigenvalue weighted by Gasteiger charge is 2.22. The molecule has 0 radical (unpaired) electrons. The molecule has 0 unspecified atom stereocenters. The number of nitrogens with one attached hydrogen (secondary N) is 1. The van der Waals surface area contributed by atoms with Crippen LogP contribution in [0.5, 0.6) is 11.5 Å². The molecule has 3 heterocycles. The van der Waals surface area contributed by atoms with Gasteiger partial charge in [0.25, 0.3) is 10.0 Å². The van der Waals surface area contributed by atoms with Gasteiger partial charge in [0.05, 0.1) is 23.0 Å². The minimum absolute atomic E-state index is 0.187. The molecule has 154 valence electrons. The summed E-state index contributed by atoms with van der Waals surface area (Å²) in [5, 5.41) is 3.77. The van der Waals surface area contributed by atoms with Gasteiger partial charge in [-0.05, 0) is 31.2 Å². The second-order valence-electron chi connectivity index (χ2n) is 6.50. The number of nitrogens with two attached hydrogens (primary N) is 1. The Kier molecular flexibility index (Phi) is 5.00. The molecule has 10 heteroatoms.